The van der Waals surface area contributed by atoms with Gasteiger partial charge >= 0.3 is 0 Å². The third-order valence-electron chi connectivity index (χ3n) is 5.66. The molecule has 0 spiro atoms. The van der Waals surface area contributed by atoms with Crippen LogP contribution in [0.25, 0.3) is 0 Å². The van der Waals surface area contributed by atoms with E-state index in [9.17, 15) is 9.59 Å². The Labute approximate surface area is 218 Å². The topological polar surface area (TPSA) is 114 Å². The highest BCUT2D eigenvalue weighted by molar-refractivity contribution is 6.31. The number of nitrogens with one attached hydrogen (secondary N) is 2. The number of anilines is 2. The summed E-state index contributed by atoms with van der Waals surface area (Å²) in [4.78, 5) is 39.4. The summed E-state index contributed by atoms with van der Waals surface area (Å²) in [6, 6.07) is 17.2. The normalized spacial score (nSPS) is 18.4. The molecule has 10 heteroatoms. The minimum Gasteiger partial charge on any atom is -0.475 e. The van der Waals surface area contributed by atoms with Crippen molar-refractivity contribution in [2.75, 3.05) is 23.8 Å². The average molecular weight is 518 g/mol. The summed E-state index contributed by atoms with van der Waals surface area (Å²) in [5.74, 6) is -0.129. The summed E-state index contributed by atoms with van der Waals surface area (Å²) in [5, 5.41) is 5.85. The molecule has 2 aliphatic heterocycles. The Morgan fingerprint density at radius 2 is 1.22 bits per heavy atom. The molecule has 0 aliphatic carbocycles. The zero-order valence-electron chi connectivity index (χ0n) is 20.2. The molecule has 37 heavy (non-hydrogen) atoms. The molecule has 0 fully saturated rings. The number of para-hydroxylation sites is 2. The molecular weight excluding hydrogens is 494 g/mol. The third-order valence-corrected chi connectivity index (χ3v) is 5.88. The predicted octanol–water partition coefficient (Wildman–Crippen LogP) is 4.57. The lowest BCUT2D eigenvalue weighted by molar-refractivity contribution is 0.101. The van der Waals surface area contributed by atoms with Crippen LogP contribution in [0.3, 0.4) is 0 Å². The zero-order valence-corrected chi connectivity index (χ0v) is 21.0. The molecule has 3 heterocycles. The van der Waals surface area contributed by atoms with Gasteiger partial charge in [-0.2, -0.15) is 0 Å². The van der Waals surface area contributed by atoms with E-state index in [-0.39, 0.29) is 28.5 Å². The van der Waals surface area contributed by atoms with Crippen molar-refractivity contribution in [2.24, 2.45) is 9.98 Å². The van der Waals surface area contributed by atoms with Gasteiger partial charge in [0.25, 0.3) is 11.8 Å². The summed E-state index contributed by atoms with van der Waals surface area (Å²) in [6.45, 7) is 4.86. The minimum atomic E-state index is -0.529. The molecule has 0 unspecified atom stereocenters. The van der Waals surface area contributed by atoms with Crippen molar-refractivity contribution in [1.29, 1.82) is 0 Å². The molecule has 2 aromatic carbocycles. The van der Waals surface area contributed by atoms with Gasteiger partial charge in [0, 0.05) is 5.02 Å². The van der Waals surface area contributed by atoms with E-state index in [0.717, 1.165) is 0 Å². The maximum absolute atomic E-state index is 13.1. The number of ether oxygens (including phenoxy) is 2. The number of halogens is 1. The van der Waals surface area contributed by atoms with Gasteiger partial charge in [-0.1, -0.05) is 35.9 Å². The first kappa shape index (κ1) is 24.5. The molecule has 1 aromatic heterocycles. The number of aliphatic imine (C=N–C) groups is 2. The first-order valence-electron chi connectivity index (χ1n) is 11.8. The number of aromatic nitrogens is 1. The Balaban J connectivity index is 1.37. The Morgan fingerprint density at radius 3 is 1.62 bits per heavy atom. The van der Waals surface area contributed by atoms with E-state index >= 15 is 0 Å². The average Bonchev–Trinajstić information content (AvgIpc) is 3.52. The highest BCUT2D eigenvalue weighted by atomic mass is 35.5. The summed E-state index contributed by atoms with van der Waals surface area (Å²) in [5.41, 5.74) is 2.30. The predicted molar refractivity (Wildman–Crippen MR) is 142 cm³/mol. The van der Waals surface area contributed by atoms with Gasteiger partial charge in [-0.15, -0.1) is 0 Å². The number of pyridine rings is 1. The fourth-order valence-electron chi connectivity index (χ4n) is 3.90. The first-order valence-corrected chi connectivity index (χ1v) is 12.2. The number of hydrogen-bond acceptors (Lipinski definition) is 7. The lowest BCUT2D eigenvalue weighted by atomic mass is 10.1. The van der Waals surface area contributed by atoms with Crippen LogP contribution in [0.1, 0.15) is 46.0 Å². The Morgan fingerprint density at radius 1 is 0.784 bits per heavy atom. The van der Waals surface area contributed by atoms with E-state index in [1.54, 1.807) is 24.3 Å². The molecular formula is C27H24ClN5O4. The number of nitrogens with zero attached hydrogens (tertiary/aromatic N) is 3. The monoisotopic (exact) mass is 517 g/mol. The lowest BCUT2D eigenvalue weighted by Crippen LogP contribution is -2.20. The van der Waals surface area contributed by atoms with Crippen molar-refractivity contribution in [3.63, 3.8) is 0 Å². The zero-order chi connectivity index (χ0) is 25.9. The van der Waals surface area contributed by atoms with Gasteiger partial charge in [0.2, 0.25) is 11.8 Å². The van der Waals surface area contributed by atoms with Gasteiger partial charge in [-0.05, 0) is 50.2 Å². The van der Waals surface area contributed by atoms with Gasteiger partial charge < -0.3 is 20.1 Å². The van der Waals surface area contributed by atoms with Crippen molar-refractivity contribution in [2.45, 2.75) is 25.9 Å². The SMILES string of the molecule is C[C@H]1COC(c2ccccc2NC(=O)c2cc(Cl)cc(C(=O)Nc3ccccc3C3=N[C@@H](C)CO3)n2)=N1. The van der Waals surface area contributed by atoms with Crippen molar-refractivity contribution in [3.05, 3.63) is 88.2 Å². The van der Waals surface area contributed by atoms with E-state index in [2.05, 4.69) is 25.6 Å². The van der Waals surface area contributed by atoms with Gasteiger partial charge in [0.15, 0.2) is 0 Å². The van der Waals surface area contributed by atoms with Gasteiger partial charge in [-0.25, -0.2) is 15.0 Å². The van der Waals surface area contributed by atoms with Crippen LogP contribution >= 0.6 is 11.6 Å². The fourth-order valence-corrected chi connectivity index (χ4v) is 4.11. The number of rotatable bonds is 6. The molecule has 3 aromatic rings. The summed E-state index contributed by atoms with van der Waals surface area (Å²) in [6.07, 6.45) is 0. The third kappa shape index (κ3) is 5.46. The van der Waals surface area contributed by atoms with Crippen LogP contribution in [-0.4, -0.2) is 53.9 Å². The summed E-state index contributed by atoms with van der Waals surface area (Å²) in [7, 11) is 0. The second-order valence-corrected chi connectivity index (χ2v) is 9.18. The molecule has 188 valence electrons. The molecule has 0 saturated carbocycles. The molecule has 9 nitrogen and oxygen atoms in total. The molecule has 0 bridgehead atoms. The van der Waals surface area contributed by atoms with E-state index in [4.69, 9.17) is 21.1 Å². The highest BCUT2D eigenvalue weighted by Crippen LogP contribution is 2.23. The van der Waals surface area contributed by atoms with E-state index in [1.807, 2.05) is 38.1 Å². The number of hydrogen-bond donors (Lipinski definition) is 2. The lowest BCUT2D eigenvalue weighted by Gasteiger charge is -2.12. The number of carbonyl (C=O) groups is 2. The van der Waals surface area contributed by atoms with E-state index < -0.39 is 11.8 Å². The van der Waals surface area contributed by atoms with Gasteiger partial charge in [0.05, 0.1) is 34.6 Å². The van der Waals surface area contributed by atoms with Crippen LogP contribution in [0.4, 0.5) is 11.4 Å². The Hall–Kier alpha value is -4.24. The van der Waals surface area contributed by atoms with Crippen LogP contribution in [0.2, 0.25) is 5.02 Å². The molecule has 0 saturated heterocycles. The number of carbonyl (C=O) groups excluding carboxylic acids is 2. The fraction of sp³-hybridized carbons (Fsp3) is 0.222. The Bertz CT molecular complexity index is 1330. The van der Waals surface area contributed by atoms with Crippen LogP contribution in [-0.2, 0) is 9.47 Å². The second-order valence-electron chi connectivity index (χ2n) is 8.74. The minimum absolute atomic E-state index is 0.0132. The highest BCUT2D eigenvalue weighted by Gasteiger charge is 2.23. The van der Waals surface area contributed by atoms with Crippen LogP contribution < -0.4 is 10.6 Å². The Kier molecular flexibility index (Phi) is 6.87. The first-order chi connectivity index (χ1) is 17.9. The van der Waals surface area contributed by atoms with Crippen molar-refractivity contribution < 1.29 is 19.1 Å². The van der Waals surface area contributed by atoms with E-state index in [0.29, 0.717) is 47.5 Å². The number of amides is 2. The quantitative estimate of drug-likeness (QED) is 0.497. The van der Waals surface area contributed by atoms with Crippen LogP contribution in [0, 0.1) is 0 Å². The molecule has 2 atom stereocenters. The molecule has 2 aliphatic rings. The molecule has 2 N–H and O–H groups in total. The summed E-state index contributed by atoms with van der Waals surface area (Å²) < 4.78 is 11.3. The standard InChI is InChI=1S/C27H24ClN5O4/c1-15-13-36-26(29-15)18-7-3-5-9-20(18)32-24(34)22-11-17(28)12-23(31-22)25(35)33-21-10-6-4-8-19(21)27-30-16(2)14-37-27/h3-12,15-16H,13-14H2,1-2H3,(H,32,34)(H,33,35)/t15-,16-/m0/s1. The van der Waals surface area contributed by atoms with Gasteiger partial charge in [0.1, 0.15) is 24.6 Å². The molecule has 2 amide bonds. The maximum atomic E-state index is 13.1. The van der Waals surface area contributed by atoms with Gasteiger partial charge in [-0.3, -0.25) is 9.59 Å². The summed E-state index contributed by atoms with van der Waals surface area (Å²) >= 11 is 6.27. The smallest absolute Gasteiger partial charge is 0.274 e. The van der Waals surface area contributed by atoms with E-state index in [1.165, 1.54) is 12.1 Å². The number of benzene rings is 2. The second kappa shape index (κ2) is 10.4. The van der Waals surface area contributed by atoms with Crippen molar-refractivity contribution in [1.82, 2.24) is 4.98 Å². The molecule has 5 rings (SSSR count). The van der Waals surface area contributed by atoms with Crippen LogP contribution in [0.15, 0.2) is 70.6 Å². The molecule has 0 radical (unpaired) electrons. The maximum Gasteiger partial charge on any atom is 0.274 e. The van der Waals surface area contributed by atoms with Crippen molar-refractivity contribution >= 4 is 46.6 Å². The van der Waals surface area contributed by atoms with Crippen LogP contribution in [0.5, 0.6) is 0 Å². The largest absolute Gasteiger partial charge is 0.475 e. The van der Waals surface area contributed by atoms with Crippen molar-refractivity contribution in [3.8, 4) is 0 Å².